The molecule has 92 heavy (non-hydrogen) atoms. The van der Waals surface area contributed by atoms with Crippen LogP contribution in [0, 0.1) is 0 Å². The first kappa shape index (κ1) is 63.5. The van der Waals surface area contributed by atoms with E-state index in [1.165, 1.54) is 0 Å². The van der Waals surface area contributed by atoms with Gasteiger partial charge in [-0.2, -0.15) is 30.7 Å². The first-order valence-corrected chi connectivity index (χ1v) is 31.7. The summed E-state index contributed by atoms with van der Waals surface area (Å²) in [4.78, 5) is 18.7. The Kier molecular flexibility index (Phi) is 21.8. The minimum atomic E-state index is 0.480. The molecule has 9 aromatic rings. The lowest BCUT2D eigenvalue weighted by Gasteiger charge is -2.34. The van der Waals surface area contributed by atoms with E-state index in [9.17, 15) is 0 Å². The topological polar surface area (TPSA) is 128 Å². The van der Waals surface area contributed by atoms with Gasteiger partial charge in [0.1, 0.15) is 37.1 Å². The Balaban J connectivity index is 0.957. The number of azo groups is 3. The van der Waals surface area contributed by atoms with Crippen LogP contribution in [-0.2, 0) is 19.6 Å². The SMILES string of the molecule is CN(C)c1ccc(N=Nc2ccc(N3CCN4CCN(c5ccc(N=Nc6ccc(N(C)C)cc6)cc5)Cc5ccccc5OCCN(CCOc5ccccc5C3)CCOc3ccccc3CN(c3ccc(N=Nc5ccc(N(C)C)cc5)cc3)CC4)cc2)cc1. The molecule has 3 aliphatic rings. The highest BCUT2D eigenvalue weighted by Gasteiger charge is 2.21. The molecule has 9 aromatic carbocycles. The minimum absolute atomic E-state index is 0.480. The zero-order valence-electron chi connectivity index (χ0n) is 53.9. The van der Waals surface area contributed by atoms with Crippen molar-refractivity contribution in [3.63, 3.8) is 0 Å². The fraction of sp³-hybridized carbons (Fsp3) is 0.280. The molecule has 0 atom stereocenters. The van der Waals surface area contributed by atoms with Crippen LogP contribution in [-0.4, -0.2) is 131 Å². The number of fused-ring (bicyclic) bond motifs is 15. The average Bonchev–Trinajstić information content (AvgIpc) is 2.46. The van der Waals surface area contributed by atoms with Gasteiger partial charge in [-0.25, -0.2) is 0 Å². The first-order valence-electron chi connectivity index (χ1n) is 31.7. The van der Waals surface area contributed by atoms with Crippen LogP contribution in [0.25, 0.3) is 0 Å². The molecule has 17 heteroatoms. The summed E-state index contributed by atoms with van der Waals surface area (Å²) in [5.74, 6) is 2.59. The molecule has 0 unspecified atom stereocenters. The van der Waals surface area contributed by atoms with Crippen molar-refractivity contribution < 1.29 is 14.2 Å². The van der Waals surface area contributed by atoms with Crippen LogP contribution in [0.3, 0.4) is 0 Å². The van der Waals surface area contributed by atoms with Crippen LogP contribution in [0.5, 0.6) is 17.2 Å². The number of benzene rings is 9. The molecule has 472 valence electrons. The second-order valence-corrected chi connectivity index (χ2v) is 23.7. The summed E-state index contributed by atoms with van der Waals surface area (Å²) in [7, 11) is 12.2. The van der Waals surface area contributed by atoms with Gasteiger partial charge in [0.15, 0.2) is 0 Å². The predicted molar refractivity (Wildman–Crippen MR) is 376 cm³/mol. The van der Waals surface area contributed by atoms with Crippen LogP contribution >= 0.6 is 0 Å². The molecular weight excluding hydrogens is 1140 g/mol. The summed E-state index contributed by atoms with van der Waals surface area (Å²) in [5.41, 5.74) is 14.6. The van der Waals surface area contributed by atoms with Crippen LogP contribution in [0.1, 0.15) is 16.7 Å². The quantitative estimate of drug-likeness (QED) is 0.108. The van der Waals surface area contributed by atoms with Gasteiger partial charge < -0.3 is 43.6 Å². The van der Waals surface area contributed by atoms with E-state index >= 15 is 0 Å². The highest BCUT2D eigenvalue weighted by molar-refractivity contribution is 5.59. The number of hydrogen-bond donors (Lipinski definition) is 0. The molecular formula is C75H84N14O3. The van der Waals surface area contributed by atoms with Gasteiger partial charge in [0.2, 0.25) is 0 Å². The van der Waals surface area contributed by atoms with Crippen molar-refractivity contribution >= 4 is 68.2 Å². The third-order valence-electron chi connectivity index (χ3n) is 16.6. The normalized spacial score (nSPS) is 16.4. The number of rotatable bonds is 12. The predicted octanol–water partition coefficient (Wildman–Crippen LogP) is 16.3. The Labute approximate surface area is 542 Å². The van der Waals surface area contributed by atoms with E-state index in [1.807, 2.05) is 78.7 Å². The van der Waals surface area contributed by atoms with E-state index in [-0.39, 0.29) is 0 Å². The van der Waals surface area contributed by atoms with Gasteiger partial charge in [0.05, 0.1) is 34.1 Å². The molecule has 3 aliphatic heterocycles. The Bertz CT molecular complexity index is 3440. The minimum Gasteiger partial charge on any atom is -0.492 e. The Hall–Kier alpha value is -10.1. The zero-order valence-corrected chi connectivity index (χ0v) is 53.9. The lowest BCUT2D eigenvalue weighted by Crippen LogP contribution is -2.43. The van der Waals surface area contributed by atoms with Crippen LogP contribution in [0.2, 0.25) is 0 Å². The lowest BCUT2D eigenvalue weighted by atomic mass is 10.1. The number of para-hydroxylation sites is 3. The highest BCUT2D eigenvalue weighted by atomic mass is 16.5. The number of anilines is 6. The molecule has 0 N–H and O–H groups in total. The molecule has 3 heterocycles. The van der Waals surface area contributed by atoms with Gasteiger partial charge in [-0.3, -0.25) is 9.80 Å². The van der Waals surface area contributed by atoms with Crippen molar-refractivity contribution in [2.75, 3.05) is 150 Å². The molecule has 0 spiro atoms. The Morgan fingerprint density at radius 1 is 0.261 bits per heavy atom. The Morgan fingerprint density at radius 2 is 0.489 bits per heavy atom. The second kappa shape index (κ2) is 31.6. The fourth-order valence-corrected chi connectivity index (χ4v) is 11.1. The average molecular weight is 1230 g/mol. The summed E-state index contributed by atoms with van der Waals surface area (Å²) in [6.45, 7) is 9.66. The van der Waals surface area contributed by atoms with Gasteiger partial charge in [0, 0.05) is 172 Å². The molecule has 0 amide bonds. The molecule has 0 saturated heterocycles. The lowest BCUT2D eigenvalue weighted by molar-refractivity contribution is 0.152. The van der Waals surface area contributed by atoms with Crippen LogP contribution in [0.15, 0.2) is 249 Å². The standard InChI is InChI=1S/C75H84N14O3/c1-82(2)67-31-19-61(20-32-67)76-79-64-25-37-70(38-26-64)87-46-43-85-44-47-88(71-39-27-65(28-40-71)80-77-62-21-33-68(34-22-62)83(3)4)56-59-14-8-11-17-74(59)91-53-50-86(49-52-90-73-16-10-7-13-58(73)55-87)51-54-92-75-18-12-9-15-60(75)57-89(48-45-85)72-41-29-66(30-42-72)81-78-63-23-35-69(36-24-63)84(5)6/h7-42H,43-57H2,1-6H3. The molecule has 0 aromatic heterocycles. The van der Waals surface area contributed by atoms with E-state index < -0.39 is 0 Å². The number of ether oxygens (including phenoxy) is 3. The zero-order chi connectivity index (χ0) is 63.4. The number of nitrogens with zero attached hydrogens (tertiary/aromatic N) is 14. The van der Waals surface area contributed by atoms with Gasteiger partial charge in [-0.1, -0.05) is 54.6 Å². The van der Waals surface area contributed by atoms with E-state index in [2.05, 4.69) is 252 Å². The summed E-state index contributed by atoms with van der Waals surface area (Å²) < 4.78 is 20.4. The van der Waals surface area contributed by atoms with E-state index in [1.54, 1.807) is 0 Å². The van der Waals surface area contributed by atoms with Gasteiger partial charge in [-0.05, 0) is 164 Å². The second-order valence-electron chi connectivity index (χ2n) is 23.7. The van der Waals surface area contributed by atoms with Gasteiger partial charge >= 0.3 is 0 Å². The summed E-state index contributed by atoms with van der Waals surface area (Å²) in [6, 6.07) is 75.1. The fourth-order valence-electron chi connectivity index (χ4n) is 11.1. The van der Waals surface area contributed by atoms with Crippen molar-refractivity contribution in [1.29, 1.82) is 0 Å². The molecule has 0 fully saturated rings. The van der Waals surface area contributed by atoms with E-state index in [0.29, 0.717) is 78.7 Å². The molecule has 0 aliphatic carbocycles. The van der Waals surface area contributed by atoms with Crippen molar-refractivity contribution in [1.82, 2.24) is 9.80 Å². The summed E-state index contributed by atoms with van der Waals surface area (Å²) in [6.07, 6.45) is 0. The first-order chi connectivity index (χ1) is 45.0. The maximum absolute atomic E-state index is 6.79. The molecule has 17 nitrogen and oxygen atoms in total. The molecule has 0 saturated carbocycles. The Morgan fingerprint density at radius 3 is 0.739 bits per heavy atom. The van der Waals surface area contributed by atoms with Crippen molar-refractivity contribution in [3.8, 4) is 17.2 Å². The van der Waals surface area contributed by atoms with E-state index in [0.717, 1.165) is 122 Å². The van der Waals surface area contributed by atoms with E-state index in [4.69, 9.17) is 14.2 Å². The third kappa shape index (κ3) is 17.9. The van der Waals surface area contributed by atoms with Gasteiger partial charge in [-0.15, -0.1) is 0 Å². The largest absolute Gasteiger partial charge is 0.492 e. The van der Waals surface area contributed by atoms with Gasteiger partial charge in [0.25, 0.3) is 0 Å². The monoisotopic (exact) mass is 1230 g/mol. The number of hydrogen-bond acceptors (Lipinski definition) is 17. The molecule has 2 bridgehead atoms. The summed E-state index contributed by atoms with van der Waals surface area (Å²) in [5, 5.41) is 27.9. The highest BCUT2D eigenvalue weighted by Crippen LogP contribution is 2.32. The van der Waals surface area contributed by atoms with Crippen LogP contribution < -0.4 is 43.6 Å². The smallest absolute Gasteiger partial charge is 0.124 e. The third-order valence-corrected chi connectivity index (χ3v) is 16.6. The van der Waals surface area contributed by atoms with Crippen LogP contribution in [0.4, 0.5) is 68.2 Å². The molecule has 12 rings (SSSR count). The van der Waals surface area contributed by atoms with Crippen molar-refractivity contribution in [2.45, 2.75) is 19.6 Å². The van der Waals surface area contributed by atoms with Crippen molar-refractivity contribution in [3.05, 3.63) is 235 Å². The maximum atomic E-state index is 6.79. The van der Waals surface area contributed by atoms with Crippen molar-refractivity contribution in [2.24, 2.45) is 30.7 Å². The summed E-state index contributed by atoms with van der Waals surface area (Å²) >= 11 is 0. The molecule has 0 radical (unpaired) electrons. The maximum Gasteiger partial charge on any atom is 0.124 e.